The summed E-state index contributed by atoms with van der Waals surface area (Å²) in [5.74, 6) is 1.19. The van der Waals surface area contributed by atoms with Gasteiger partial charge in [0.25, 0.3) is 0 Å². The van der Waals surface area contributed by atoms with Crippen LogP contribution in [0.25, 0.3) is 0 Å². The number of nitrogens with zero attached hydrogens (tertiary/aromatic N) is 1. The summed E-state index contributed by atoms with van der Waals surface area (Å²) in [6.45, 7) is 14.5. The summed E-state index contributed by atoms with van der Waals surface area (Å²) in [6.07, 6.45) is 0. The largest absolute Gasteiger partial charge is 0.507 e. The Morgan fingerprint density at radius 2 is 1.15 bits per heavy atom. The summed E-state index contributed by atoms with van der Waals surface area (Å²) in [5, 5.41) is 11.0. The van der Waals surface area contributed by atoms with E-state index in [0.29, 0.717) is 5.75 Å². The van der Waals surface area contributed by atoms with Crippen LogP contribution in [0.4, 0.5) is 0 Å². The number of phenols is 1. The Morgan fingerprint density at radius 1 is 0.735 bits per heavy atom. The van der Waals surface area contributed by atoms with Crippen LogP contribution in [0, 0.1) is 0 Å². The highest BCUT2D eigenvalue weighted by Gasteiger charge is 2.26. The zero-order chi connectivity index (χ0) is 24.9. The first-order valence-electron chi connectivity index (χ1n) is 11.8. The van der Waals surface area contributed by atoms with Crippen molar-refractivity contribution in [1.82, 2.24) is 4.90 Å². The molecule has 0 saturated carbocycles. The predicted molar refractivity (Wildman–Crippen MR) is 152 cm³/mol. The molecule has 34 heavy (non-hydrogen) atoms. The van der Waals surface area contributed by atoms with Gasteiger partial charge in [-0.2, -0.15) is 0 Å². The lowest BCUT2D eigenvalue weighted by Crippen LogP contribution is -2.26. The number of thiocarbonyl (C=S) groups is 1. The van der Waals surface area contributed by atoms with Crippen LogP contribution in [0.1, 0.15) is 69.4 Å². The van der Waals surface area contributed by atoms with Crippen molar-refractivity contribution in [3.8, 4) is 5.75 Å². The first kappa shape index (κ1) is 26.3. The van der Waals surface area contributed by atoms with Crippen molar-refractivity contribution in [2.24, 2.45) is 0 Å². The topological polar surface area (TPSA) is 23.5 Å². The Balaban J connectivity index is 1.84. The van der Waals surface area contributed by atoms with Crippen LogP contribution in [0.15, 0.2) is 72.8 Å². The quantitative estimate of drug-likeness (QED) is 0.351. The third-order valence-electron chi connectivity index (χ3n) is 5.84. The van der Waals surface area contributed by atoms with Crippen LogP contribution in [0.2, 0.25) is 0 Å². The molecule has 1 N–H and O–H groups in total. The molecule has 0 unspecified atom stereocenters. The predicted octanol–water partition coefficient (Wildman–Crippen LogP) is 8.21. The average molecular weight is 492 g/mol. The fourth-order valence-electron chi connectivity index (χ4n) is 3.95. The summed E-state index contributed by atoms with van der Waals surface area (Å²) in [4.78, 5) is 2.28. The van der Waals surface area contributed by atoms with Gasteiger partial charge in [-0.05, 0) is 38.6 Å². The third kappa shape index (κ3) is 7.10. The summed E-state index contributed by atoms with van der Waals surface area (Å²) in [6, 6.07) is 25.3. The summed E-state index contributed by atoms with van der Waals surface area (Å²) in [5.41, 5.74) is 5.39. The number of hydrogen-bond donors (Lipinski definition) is 1. The van der Waals surface area contributed by atoms with Gasteiger partial charge in [0.1, 0.15) is 10.1 Å². The minimum Gasteiger partial charge on any atom is -0.507 e. The first-order chi connectivity index (χ1) is 15.9. The van der Waals surface area contributed by atoms with E-state index in [1.165, 1.54) is 16.7 Å². The molecule has 0 spiro atoms. The van der Waals surface area contributed by atoms with Crippen molar-refractivity contribution in [2.75, 3.05) is 0 Å². The lowest BCUT2D eigenvalue weighted by Gasteiger charge is -2.29. The Kier molecular flexibility index (Phi) is 8.48. The van der Waals surface area contributed by atoms with Gasteiger partial charge in [-0.15, -0.1) is 0 Å². The van der Waals surface area contributed by atoms with Crippen LogP contribution in [0.5, 0.6) is 5.75 Å². The van der Waals surface area contributed by atoms with Crippen molar-refractivity contribution in [1.29, 1.82) is 0 Å². The SMILES string of the molecule is CC(C)(C)c1cc(CSC(=S)N(Cc2ccccc2)Cc2ccccc2)cc(C(C)(C)C)c1O. The van der Waals surface area contributed by atoms with Gasteiger partial charge >= 0.3 is 0 Å². The summed E-state index contributed by atoms with van der Waals surface area (Å²) >= 11 is 7.65. The molecular formula is C30H37NOS2. The van der Waals surface area contributed by atoms with E-state index >= 15 is 0 Å². The van der Waals surface area contributed by atoms with Crippen molar-refractivity contribution < 1.29 is 5.11 Å². The molecule has 0 aromatic heterocycles. The Hall–Kier alpha value is -2.30. The number of benzene rings is 3. The smallest absolute Gasteiger partial charge is 0.137 e. The van der Waals surface area contributed by atoms with E-state index in [1.54, 1.807) is 11.8 Å². The van der Waals surface area contributed by atoms with E-state index < -0.39 is 0 Å². The molecule has 3 aromatic carbocycles. The van der Waals surface area contributed by atoms with Gasteiger partial charge in [-0.25, -0.2) is 0 Å². The van der Waals surface area contributed by atoms with Gasteiger partial charge in [0.05, 0.1) is 0 Å². The molecule has 0 saturated heterocycles. The van der Waals surface area contributed by atoms with E-state index in [1.807, 2.05) is 12.1 Å². The molecule has 3 rings (SSSR count). The molecular weight excluding hydrogens is 454 g/mol. The van der Waals surface area contributed by atoms with Crippen molar-refractivity contribution in [3.05, 3.63) is 101 Å². The molecule has 180 valence electrons. The number of aromatic hydroxyl groups is 1. The Labute approximate surface area is 215 Å². The van der Waals surface area contributed by atoms with Crippen molar-refractivity contribution >= 4 is 28.3 Å². The minimum atomic E-state index is -0.141. The second kappa shape index (κ2) is 11.0. The third-order valence-corrected chi connectivity index (χ3v) is 7.43. The normalized spacial score (nSPS) is 11.9. The van der Waals surface area contributed by atoms with Gasteiger partial charge in [0, 0.05) is 18.8 Å². The van der Waals surface area contributed by atoms with Gasteiger partial charge in [-0.1, -0.05) is 138 Å². The lowest BCUT2D eigenvalue weighted by atomic mass is 9.78. The van der Waals surface area contributed by atoms with E-state index in [-0.39, 0.29) is 10.8 Å². The number of thioether (sulfide) groups is 1. The second-order valence-corrected chi connectivity index (χ2v) is 12.5. The fraction of sp³-hybridized carbons (Fsp3) is 0.367. The highest BCUT2D eigenvalue weighted by Crippen LogP contribution is 2.40. The first-order valence-corrected chi connectivity index (χ1v) is 13.2. The molecule has 0 fully saturated rings. The molecule has 0 bridgehead atoms. The second-order valence-electron chi connectivity index (χ2n) is 10.9. The maximum absolute atomic E-state index is 11.0. The molecule has 2 nitrogen and oxygen atoms in total. The van der Waals surface area contributed by atoms with Crippen LogP contribution in [-0.2, 0) is 29.7 Å². The monoisotopic (exact) mass is 491 g/mol. The standard InChI is InChI=1S/C30H37NOS2/c1-29(2,3)25-17-24(18-26(27(25)32)30(4,5)6)21-34-28(33)31(19-22-13-9-7-10-14-22)20-23-15-11-8-12-16-23/h7-18,32H,19-21H2,1-6H3. The van der Waals surface area contributed by atoms with Gasteiger partial charge in [-0.3, -0.25) is 0 Å². The van der Waals surface area contributed by atoms with Gasteiger partial charge in [0.15, 0.2) is 0 Å². The zero-order valence-corrected chi connectivity index (χ0v) is 22.9. The number of rotatable bonds is 6. The molecule has 0 aliphatic heterocycles. The van der Waals surface area contributed by atoms with E-state index in [2.05, 4.69) is 107 Å². The van der Waals surface area contributed by atoms with Crippen LogP contribution >= 0.6 is 24.0 Å². The highest BCUT2D eigenvalue weighted by molar-refractivity contribution is 8.22. The van der Waals surface area contributed by atoms with Crippen LogP contribution in [-0.4, -0.2) is 14.3 Å². The van der Waals surface area contributed by atoms with Crippen LogP contribution in [0.3, 0.4) is 0 Å². The van der Waals surface area contributed by atoms with E-state index in [9.17, 15) is 5.11 Å². The average Bonchev–Trinajstić information content (AvgIpc) is 2.77. The Morgan fingerprint density at radius 3 is 1.53 bits per heavy atom. The molecule has 3 aromatic rings. The molecule has 0 atom stereocenters. The lowest BCUT2D eigenvalue weighted by molar-refractivity contribution is 0.421. The fourth-order valence-corrected chi connectivity index (χ4v) is 5.02. The maximum Gasteiger partial charge on any atom is 0.137 e. The zero-order valence-electron chi connectivity index (χ0n) is 21.3. The van der Waals surface area contributed by atoms with Gasteiger partial charge in [0.2, 0.25) is 0 Å². The molecule has 0 radical (unpaired) electrons. The highest BCUT2D eigenvalue weighted by atomic mass is 32.2. The van der Waals surface area contributed by atoms with Crippen LogP contribution < -0.4 is 0 Å². The molecule has 0 amide bonds. The molecule has 4 heteroatoms. The minimum absolute atomic E-state index is 0.141. The molecule has 0 heterocycles. The van der Waals surface area contributed by atoms with Crippen molar-refractivity contribution in [2.45, 2.75) is 71.2 Å². The number of phenolic OH excluding ortho intramolecular Hbond substituents is 1. The Bertz CT molecular complexity index is 1020. The number of hydrogen-bond acceptors (Lipinski definition) is 3. The van der Waals surface area contributed by atoms with E-state index in [4.69, 9.17) is 12.2 Å². The van der Waals surface area contributed by atoms with Gasteiger partial charge < -0.3 is 10.0 Å². The van der Waals surface area contributed by atoms with E-state index in [0.717, 1.165) is 34.3 Å². The molecule has 0 aliphatic rings. The maximum atomic E-state index is 11.0. The van der Waals surface area contributed by atoms with Crippen molar-refractivity contribution in [3.63, 3.8) is 0 Å². The molecule has 0 aliphatic carbocycles. The summed E-state index contributed by atoms with van der Waals surface area (Å²) < 4.78 is 0.885. The summed E-state index contributed by atoms with van der Waals surface area (Å²) in [7, 11) is 0.